The van der Waals surface area contributed by atoms with Gasteiger partial charge in [0.2, 0.25) is 0 Å². The minimum atomic E-state index is -3.07. The largest absolute Gasteiger partial charge is 0.305 e. The highest BCUT2D eigenvalue weighted by Gasteiger charge is 2.09. The standard InChI is InChI=1S/C14H17N3O3S/c1-3-12-8-13(17-16-12)15-14(18)11-6-4-10(5-7-11)9-21(2,19)20/h4-8H,3,9H2,1-2H3,(H2,15,16,17,18). The van der Waals surface area contributed by atoms with Crippen molar-refractivity contribution < 1.29 is 13.2 Å². The summed E-state index contributed by atoms with van der Waals surface area (Å²) in [6, 6.07) is 8.25. The van der Waals surface area contributed by atoms with Gasteiger partial charge < -0.3 is 5.32 Å². The molecule has 0 atom stereocenters. The van der Waals surface area contributed by atoms with Crippen LogP contribution in [0.1, 0.15) is 28.5 Å². The summed E-state index contributed by atoms with van der Waals surface area (Å²) in [5.74, 6) is 0.154. The molecule has 21 heavy (non-hydrogen) atoms. The van der Waals surface area contributed by atoms with Gasteiger partial charge in [-0.1, -0.05) is 19.1 Å². The number of nitrogens with zero attached hydrogens (tertiary/aromatic N) is 1. The van der Waals surface area contributed by atoms with E-state index in [2.05, 4.69) is 15.5 Å². The molecule has 0 fully saturated rings. The fourth-order valence-corrected chi connectivity index (χ4v) is 2.65. The topological polar surface area (TPSA) is 91.9 Å². The lowest BCUT2D eigenvalue weighted by Crippen LogP contribution is -2.12. The average molecular weight is 307 g/mol. The smallest absolute Gasteiger partial charge is 0.256 e. The number of aromatic amines is 1. The Morgan fingerprint density at radius 1 is 1.29 bits per heavy atom. The summed E-state index contributed by atoms with van der Waals surface area (Å²) in [6.07, 6.45) is 1.99. The molecule has 1 heterocycles. The number of anilines is 1. The molecule has 1 aromatic carbocycles. The van der Waals surface area contributed by atoms with Crippen molar-refractivity contribution in [1.82, 2.24) is 10.2 Å². The van der Waals surface area contributed by atoms with Crippen LogP contribution < -0.4 is 5.32 Å². The minimum Gasteiger partial charge on any atom is -0.305 e. The minimum absolute atomic E-state index is 0.0336. The number of hydrogen-bond acceptors (Lipinski definition) is 4. The molecule has 0 aliphatic carbocycles. The van der Waals surface area contributed by atoms with Gasteiger partial charge in [-0.15, -0.1) is 0 Å². The first-order chi connectivity index (χ1) is 9.87. The van der Waals surface area contributed by atoms with Crippen LogP contribution in [-0.2, 0) is 22.0 Å². The molecule has 6 nitrogen and oxygen atoms in total. The summed E-state index contributed by atoms with van der Waals surface area (Å²) in [5, 5.41) is 9.48. The number of aromatic nitrogens is 2. The van der Waals surface area contributed by atoms with Gasteiger partial charge in [-0.2, -0.15) is 5.10 Å². The maximum absolute atomic E-state index is 12.0. The molecule has 112 valence electrons. The van der Waals surface area contributed by atoms with E-state index in [4.69, 9.17) is 0 Å². The van der Waals surface area contributed by atoms with Crippen LogP contribution in [0, 0.1) is 0 Å². The van der Waals surface area contributed by atoms with Gasteiger partial charge in [0.05, 0.1) is 5.75 Å². The van der Waals surface area contributed by atoms with Crippen molar-refractivity contribution in [2.75, 3.05) is 11.6 Å². The number of hydrogen-bond donors (Lipinski definition) is 2. The number of H-pyrrole nitrogens is 1. The maximum atomic E-state index is 12.0. The molecule has 0 saturated heterocycles. The summed E-state index contributed by atoms with van der Waals surface area (Å²) in [6.45, 7) is 1.99. The first-order valence-corrected chi connectivity index (χ1v) is 8.56. The molecule has 0 aliphatic heterocycles. The van der Waals surface area contributed by atoms with E-state index < -0.39 is 9.84 Å². The van der Waals surface area contributed by atoms with Crippen molar-refractivity contribution in [3.05, 3.63) is 47.2 Å². The number of amides is 1. The van der Waals surface area contributed by atoms with Crippen LogP contribution >= 0.6 is 0 Å². The Morgan fingerprint density at radius 2 is 1.95 bits per heavy atom. The summed E-state index contributed by atoms with van der Waals surface area (Å²) >= 11 is 0. The van der Waals surface area contributed by atoms with Crippen molar-refractivity contribution in [3.8, 4) is 0 Å². The van der Waals surface area contributed by atoms with E-state index in [1.54, 1.807) is 30.3 Å². The molecule has 1 aromatic heterocycles. The Kier molecular flexibility index (Phi) is 4.42. The molecule has 2 rings (SSSR count). The van der Waals surface area contributed by atoms with Crippen LogP contribution in [0.25, 0.3) is 0 Å². The fourth-order valence-electron chi connectivity index (χ4n) is 1.85. The highest BCUT2D eigenvalue weighted by Crippen LogP contribution is 2.11. The summed E-state index contributed by atoms with van der Waals surface area (Å²) in [4.78, 5) is 12.0. The second-order valence-corrected chi connectivity index (χ2v) is 6.99. The normalized spacial score (nSPS) is 11.3. The molecule has 7 heteroatoms. The molecule has 0 radical (unpaired) electrons. The van der Waals surface area contributed by atoms with E-state index in [-0.39, 0.29) is 11.7 Å². The number of sulfone groups is 1. The molecule has 0 spiro atoms. The van der Waals surface area contributed by atoms with Crippen LogP contribution in [0.5, 0.6) is 0 Å². The quantitative estimate of drug-likeness (QED) is 0.880. The highest BCUT2D eigenvalue weighted by atomic mass is 32.2. The van der Waals surface area contributed by atoms with Gasteiger partial charge in [-0.25, -0.2) is 8.42 Å². The second-order valence-electron chi connectivity index (χ2n) is 4.85. The first-order valence-electron chi connectivity index (χ1n) is 6.49. The zero-order chi connectivity index (χ0) is 15.5. The van der Waals surface area contributed by atoms with Crippen molar-refractivity contribution in [3.63, 3.8) is 0 Å². The lowest BCUT2D eigenvalue weighted by Gasteiger charge is -2.03. The molecule has 1 amide bonds. The van der Waals surface area contributed by atoms with E-state index in [0.717, 1.165) is 12.1 Å². The Bertz CT molecular complexity index is 733. The summed E-state index contributed by atoms with van der Waals surface area (Å²) in [7, 11) is -3.07. The molecular formula is C14H17N3O3S. The van der Waals surface area contributed by atoms with Crippen molar-refractivity contribution in [2.24, 2.45) is 0 Å². The lowest BCUT2D eigenvalue weighted by atomic mass is 10.1. The predicted octanol–water partition coefficient (Wildman–Crippen LogP) is 1.77. The van der Waals surface area contributed by atoms with Gasteiger partial charge in [-0.05, 0) is 24.1 Å². The molecule has 0 unspecified atom stereocenters. The van der Waals surface area contributed by atoms with Crippen molar-refractivity contribution in [1.29, 1.82) is 0 Å². The molecular weight excluding hydrogens is 290 g/mol. The van der Waals surface area contributed by atoms with Crippen LogP contribution in [0.4, 0.5) is 5.82 Å². The number of aryl methyl sites for hydroxylation is 1. The van der Waals surface area contributed by atoms with Crippen LogP contribution in [0.15, 0.2) is 30.3 Å². The molecule has 0 saturated carbocycles. The van der Waals surface area contributed by atoms with Gasteiger partial charge >= 0.3 is 0 Å². The summed E-state index contributed by atoms with van der Waals surface area (Å²) in [5.41, 5.74) is 2.05. The van der Waals surface area contributed by atoms with Gasteiger partial charge in [-0.3, -0.25) is 9.89 Å². The molecule has 0 aliphatic rings. The van der Waals surface area contributed by atoms with Crippen molar-refractivity contribution in [2.45, 2.75) is 19.1 Å². The van der Waals surface area contributed by atoms with E-state index in [9.17, 15) is 13.2 Å². The zero-order valence-electron chi connectivity index (χ0n) is 11.9. The number of carbonyl (C=O) groups is 1. The molecule has 0 bridgehead atoms. The second kappa shape index (κ2) is 6.09. The van der Waals surface area contributed by atoms with Gasteiger partial charge in [0.1, 0.15) is 0 Å². The Balaban J connectivity index is 2.06. The number of benzene rings is 1. The highest BCUT2D eigenvalue weighted by molar-refractivity contribution is 7.89. The van der Waals surface area contributed by atoms with Crippen LogP contribution in [-0.4, -0.2) is 30.8 Å². The first kappa shape index (κ1) is 15.2. The average Bonchev–Trinajstić information content (AvgIpc) is 2.85. The fraction of sp³-hybridized carbons (Fsp3) is 0.286. The van der Waals surface area contributed by atoms with Crippen molar-refractivity contribution >= 4 is 21.6 Å². The number of nitrogens with one attached hydrogen (secondary N) is 2. The van der Waals surface area contributed by atoms with E-state index in [1.807, 2.05) is 6.92 Å². The van der Waals surface area contributed by atoms with E-state index >= 15 is 0 Å². The van der Waals surface area contributed by atoms with Gasteiger partial charge in [0.25, 0.3) is 5.91 Å². The number of carbonyl (C=O) groups excluding carboxylic acids is 1. The number of rotatable bonds is 5. The third-order valence-corrected chi connectivity index (χ3v) is 3.76. The van der Waals surface area contributed by atoms with Gasteiger partial charge in [0, 0.05) is 23.6 Å². The predicted molar refractivity (Wildman–Crippen MR) is 80.9 cm³/mol. The van der Waals surface area contributed by atoms with Crippen LogP contribution in [0.3, 0.4) is 0 Å². The third kappa shape index (κ3) is 4.42. The Hall–Kier alpha value is -2.15. The SMILES string of the molecule is CCc1cc(NC(=O)c2ccc(CS(C)(=O)=O)cc2)n[nH]1. The Morgan fingerprint density at radius 3 is 2.48 bits per heavy atom. The maximum Gasteiger partial charge on any atom is 0.256 e. The van der Waals surface area contributed by atoms with Gasteiger partial charge in [0.15, 0.2) is 15.7 Å². The zero-order valence-corrected chi connectivity index (χ0v) is 12.7. The molecule has 2 N–H and O–H groups in total. The third-order valence-electron chi connectivity index (χ3n) is 2.90. The summed E-state index contributed by atoms with van der Waals surface area (Å²) < 4.78 is 22.4. The molecule has 2 aromatic rings. The van der Waals surface area contributed by atoms with E-state index in [1.165, 1.54) is 6.26 Å². The lowest BCUT2D eigenvalue weighted by molar-refractivity contribution is 0.102. The Labute approximate surface area is 123 Å². The monoisotopic (exact) mass is 307 g/mol. The van der Waals surface area contributed by atoms with Crippen LogP contribution in [0.2, 0.25) is 0 Å². The van der Waals surface area contributed by atoms with E-state index in [0.29, 0.717) is 16.9 Å².